The lowest BCUT2D eigenvalue weighted by Crippen LogP contribution is -2.52. The van der Waals surface area contributed by atoms with Crippen LogP contribution >= 0.6 is 11.8 Å². The van der Waals surface area contributed by atoms with E-state index in [-0.39, 0.29) is 24.4 Å². The van der Waals surface area contributed by atoms with E-state index < -0.39 is 23.9 Å². The molecule has 0 saturated carbocycles. The van der Waals surface area contributed by atoms with Crippen LogP contribution in [0.5, 0.6) is 0 Å². The number of anilines is 1. The fourth-order valence-corrected chi connectivity index (χ4v) is 6.58. The van der Waals surface area contributed by atoms with Crippen LogP contribution in [0.4, 0.5) is 5.82 Å². The molecule has 0 radical (unpaired) electrons. The van der Waals surface area contributed by atoms with E-state index in [0.29, 0.717) is 43.2 Å². The minimum absolute atomic E-state index is 0.0213. The Bertz CT molecular complexity index is 1750. The highest BCUT2D eigenvalue weighted by molar-refractivity contribution is 7.98. The summed E-state index contributed by atoms with van der Waals surface area (Å²) in [6.07, 6.45) is 6.32. The molecule has 11 nitrogen and oxygen atoms in total. The second-order valence-electron chi connectivity index (χ2n) is 12.5. The van der Waals surface area contributed by atoms with E-state index in [9.17, 15) is 24.3 Å². The Kier molecular flexibility index (Phi) is 14.0. The third kappa shape index (κ3) is 9.95. The van der Waals surface area contributed by atoms with Crippen LogP contribution in [0.2, 0.25) is 0 Å². The van der Waals surface area contributed by atoms with Crippen molar-refractivity contribution in [2.24, 2.45) is 5.92 Å². The van der Waals surface area contributed by atoms with Gasteiger partial charge in [0.2, 0.25) is 11.8 Å². The Morgan fingerprint density at radius 1 is 1.04 bits per heavy atom. The zero-order chi connectivity index (χ0) is 36.2. The predicted molar refractivity (Wildman–Crippen MR) is 197 cm³/mol. The number of aromatic nitrogens is 2. The third-order valence-corrected chi connectivity index (χ3v) is 9.61. The molecule has 0 spiro atoms. The Balaban J connectivity index is 1.68. The van der Waals surface area contributed by atoms with Crippen LogP contribution < -0.4 is 10.2 Å². The van der Waals surface area contributed by atoms with Crippen LogP contribution in [0.25, 0.3) is 10.8 Å². The fraction of sp³-hybridized carbons (Fsp3) is 0.395. The van der Waals surface area contributed by atoms with E-state index in [2.05, 4.69) is 30.2 Å². The molecule has 2 amide bonds. The molecular weight excluding hydrogens is 655 g/mol. The summed E-state index contributed by atoms with van der Waals surface area (Å²) in [5, 5.41) is 14.7. The number of rotatable bonds is 18. The quantitative estimate of drug-likeness (QED) is 0.130. The van der Waals surface area contributed by atoms with Crippen molar-refractivity contribution < 1.29 is 29.0 Å². The van der Waals surface area contributed by atoms with Gasteiger partial charge in [-0.3, -0.25) is 19.4 Å². The topological polar surface area (TPSA) is 134 Å². The monoisotopic (exact) mass is 701 g/mol. The first-order chi connectivity index (χ1) is 24.1. The Hall–Kier alpha value is -4.68. The molecule has 12 heteroatoms. The van der Waals surface area contributed by atoms with Gasteiger partial charge in [-0.2, -0.15) is 11.8 Å². The summed E-state index contributed by atoms with van der Waals surface area (Å²) in [4.78, 5) is 59.2. The number of imidazole rings is 1. The molecule has 0 unspecified atom stereocenters. The van der Waals surface area contributed by atoms with Gasteiger partial charge in [0, 0.05) is 20.0 Å². The summed E-state index contributed by atoms with van der Waals surface area (Å²) in [7, 11) is 1.34. The van der Waals surface area contributed by atoms with Gasteiger partial charge in [0.15, 0.2) is 0 Å². The molecular formula is C38H47N5O6S. The van der Waals surface area contributed by atoms with Gasteiger partial charge < -0.3 is 19.7 Å². The third-order valence-electron chi connectivity index (χ3n) is 8.97. The SMILES string of the molecule is CC[C@H](C)[C@@H](CN(CC(=O)N[C@@H](CCSC)C(=O)O)Cc1cccc2ccccc12)N(C(C)=O)c1cncn1Cc1ccc(C(=O)OC)cc1. The number of amides is 2. The number of methoxy groups -OCH3 is 1. The number of fused-ring (bicyclic) bond motifs is 1. The van der Waals surface area contributed by atoms with Crippen LogP contribution in [0.3, 0.4) is 0 Å². The average molecular weight is 702 g/mol. The van der Waals surface area contributed by atoms with E-state index in [1.54, 1.807) is 29.6 Å². The Labute approximate surface area is 298 Å². The predicted octanol–water partition coefficient (Wildman–Crippen LogP) is 5.46. The molecule has 1 heterocycles. The molecule has 0 fully saturated rings. The van der Waals surface area contributed by atoms with E-state index in [1.165, 1.54) is 25.8 Å². The molecule has 50 heavy (non-hydrogen) atoms. The zero-order valence-corrected chi connectivity index (χ0v) is 30.2. The number of thioether (sulfide) groups is 1. The van der Waals surface area contributed by atoms with Crippen LogP contribution in [-0.4, -0.2) is 87.6 Å². The smallest absolute Gasteiger partial charge is 0.337 e. The molecule has 0 saturated heterocycles. The van der Waals surface area contributed by atoms with Crippen molar-refractivity contribution in [1.29, 1.82) is 0 Å². The van der Waals surface area contributed by atoms with Gasteiger partial charge >= 0.3 is 11.9 Å². The molecule has 4 rings (SSSR count). The minimum atomic E-state index is -1.07. The summed E-state index contributed by atoms with van der Waals surface area (Å²) >= 11 is 1.53. The van der Waals surface area contributed by atoms with Crippen molar-refractivity contribution in [3.63, 3.8) is 0 Å². The van der Waals surface area contributed by atoms with Crippen molar-refractivity contribution in [1.82, 2.24) is 19.8 Å². The normalized spacial score (nSPS) is 13.1. The summed E-state index contributed by atoms with van der Waals surface area (Å²) < 4.78 is 6.72. The highest BCUT2D eigenvalue weighted by atomic mass is 32.2. The minimum Gasteiger partial charge on any atom is -0.480 e. The number of carbonyl (C=O) groups is 4. The van der Waals surface area contributed by atoms with E-state index in [0.717, 1.165) is 28.3 Å². The van der Waals surface area contributed by atoms with Crippen LogP contribution in [0, 0.1) is 5.92 Å². The Morgan fingerprint density at radius 2 is 1.76 bits per heavy atom. The second-order valence-corrected chi connectivity index (χ2v) is 13.4. The number of esters is 1. The van der Waals surface area contributed by atoms with Gasteiger partial charge in [-0.1, -0.05) is 74.9 Å². The molecule has 266 valence electrons. The fourth-order valence-electron chi connectivity index (χ4n) is 6.11. The number of nitrogens with zero attached hydrogens (tertiary/aromatic N) is 4. The summed E-state index contributed by atoms with van der Waals surface area (Å²) in [5.74, 6) is -0.817. The maximum Gasteiger partial charge on any atom is 0.337 e. The van der Waals surface area contributed by atoms with Crippen molar-refractivity contribution in [2.45, 2.75) is 58.8 Å². The highest BCUT2D eigenvalue weighted by Gasteiger charge is 2.32. The first-order valence-electron chi connectivity index (χ1n) is 16.7. The lowest BCUT2D eigenvalue weighted by Gasteiger charge is -2.38. The van der Waals surface area contributed by atoms with Crippen molar-refractivity contribution >= 4 is 52.1 Å². The van der Waals surface area contributed by atoms with Gasteiger partial charge in [-0.25, -0.2) is 14.6 Å². The number of benzene rings is 3. The molecule has 4 aromatic rings. The molecule has 0 aliphatic carbocycles. The van der Waals surface area contributed by atoms with Crippen LogP contribution in [0.1, 0.15) is 55.1 Å². The number of ether oxygens (including phenoxy) is 1. The van der Waals surface area contributed by atoms with Crippen molar-refractivity contribution in [2.75, 3.05) is 37.1 Å². The molecule has 0 aliphatic rings. The number of hydrogen-bond acceptors (Lipinski definition) is 8. The van der Waals surface area contributed by atoms with Crippen LogP contribution in [0.15, 0.2) is 79.3 Å². The van der Waals surface area contributed by atoms with Gasteiger partial charge in [-0.15, -0.1) is 0 Å². The van der Waals surface area contributed by atoms with E-state index >= 15 is 0 Å². The maximum absolute atomic E-state index is 13.6. The first kappa shape index (κ1) is 38.1. The van der Waals surface area contributed by atoms with Crippen molar-refractivity contribution in [3.05, 3.63) is 95.9 Å². The van der Waals surface area contributed by atoms with E-state index in [1.807, 2.05) is 64.3 Å². The number of carbonyl (C=O) groups excluding carboxylic acids is 3. The van der Waals surface area contributed by atoms with Gasteiger partial charge in [0.05, 0.1) is 44.3 Å². The summed E-state index contributed by atoms with van der Waals surface area (Å²) in [6.45, 7) is 6.78. The first-order valence-corrected chi connectivity index (χ1v) is 18.1. The number of carboxylic acid groups (broad SMARTS) is 1. The van der Waals surface area contributed by atoms with Crippen LogP contribution in [-0.2, 0) is 32.2 Å². The number of hydrogen-bond donors (Lipinski definition) is 2. The van der Waals surface area contributed by atoms with Gasteiger partial charge in [0.25, 0.3) is 0 Å². The molecule has 1 aromatic heterocycles. The summed E-state index contributed by atoms with van der Waals surface area (Å²) in [5.41, 5.74) is 2.37. The van der Waals surface area contributed by atoms with Gasteiger partial charge in [-0.05, 0) is 58.4 Å². The molecule has 0 bridgehead atoms. The van der Waals surface area contributed by atoms with E-state index in [4.69, 9.17) is 4.74 Å². The second kappa shape index (κ2) is 18.4. The lowest BCUT2D eigenvalue weighted by atomic mass is 9.96. The number of aliphatic carboxylic acids is 1. The highest BCUT2D eigenvalue weighted by Crippen LogP contribution is 2.27. The van der Waals surface area contributed by atoms with Crippen molar-refractivity contribution in [3.8, 4) is 0 Å². The lowest BCUT2D eigenvalue weighted by molar-refractivity contribution is -0.142. The maximum atomic E-state index is 13.6. The molecule has 3 atom stereocenters. The average Bonchev–Trinajstić information content (AvgIpc) is 3.56. The molecule has 0 aliphatic heterocycles. The van der Waals surface area contributed by atoms with Gasteiger partial charge in [0.1, 0.15) is 11.9 Å². The molecule has 2 N–H and O–H groups in total. The zero-order valence-electron chi connectivity index (χ0n) is 29.4. The number of carboxylic acids is 1. The Morgan fingerprint density at radius 3 is 2.42 bits per heavy atom. The summed E-state index contributed by atoms with van der Waals surface area (Å²) in [6, 6.07) is 19.9. The molecule has 3 aromatic carbocycles. The largest absolute Gasteiger partial charge is 0.480 e. The number of nitrogens with one attached hydrogen (secondary N) is 1. The standard InChI is InChI=1S/C38H47N5O6S/c1-6-26(2)34(43(27(3)44)36-20-39-25-42(36)21-28-14-16-30(17-15-28)38(48)49-4)23-41(24-35(45)40-33(37(46)47)18-19-50-5)22-31-12-9-11-29-10-7-8-13-32(29)31/h7-17,20,25-26,33-34H,6,18-19,21-24H2,1-5H3,(H,40,45)(H,46,47)/t26-,33-,34+/m0/s1.